The van der Waals surface area contributed by atoms with Crippen molar-refractivity contribution in [2.24, 2.45) is 0 Å². The van der Waals surface area contributed by atoms with Crippen LogP contribution < -0.4 is 4.74 Å². The molecule has 14 heavy (non-hydrogen) atoms. The second-order valence-electron chi connectivity index (χ2n) is 3.68. The van der Waals surface area contributed by atoms with Crippen LogP contribution >= 0.6 is 0 Å². The molecule has 0 radical (unpaired) electrons. The standard InChI is InChI=1S/C12H17FO/c1-4-5-10-6-7-11(13)12(8-10)14-9(2)3/h6-9H,4-5H2,1-3H3. The van der Waals surface area contributed by atoms with Crippen molar-refractivity contribution >= 4 is 0 Å². The highest BCUT2D eigenvalue weighted by molar-refractivity contribution is 5.30. The minimum Gasteiger partial charge on any atom is -0.488 e. The molecule has 0 amide bonds. The van der Waals surface area contributed by atoms with Crippen molar-refractivity contribution < 1.29 is 9.13 Å². The molecular weight excluding hydrogens is 179 g/mol. The van der Waals surface area contributed by atoms with Crippen LogP contribution in [0.4, 0.5) is 4.39 Å². The van der Waals surface area contributed by atoms with Crippen LogP contribution in [-0.2, 0) is 6.42 Å². The number of benzene rings is 1. The van der Waals surface area contributed by atoms with Crippen molar-refractivity contribution in [3.8, 4) is 5.75 Å². The van der Waals surface area contributed by atoms with Crippen molar-refractivity contribution in [2.45, 2.75) is 39.7 Å². The van der Waals surface area contributed by atoms with Gasteiger partial charge in [0.05, 0.1) is 6.10 Å². The molecule has 0 fully saturated rings. The lowest BCUT2D eigenvalue weighted by atomic mass is 10.1. The lowest BCUT2D eigenvalue weighted by molar-refractivity contribution is 0.231. The number of ether oxygens (including phenoxy) is 1. The first-order valence-corrected chi connectivity index (χ1v) is 5.08. The maximum atomic E-state index is 13.2. The minimum absolute atomic E-state index is 0.0152. The molecule has 0 atom stereocenters. The quantitative estimate of drug-likeness (QED) is 0.715. The third-order valence-electron chi connectivity index (χ3n) is 1.90. The summed E-state index contributed by atoms with van der Waals surface area (Å²) in [6.07, 6.45) is 2.04. The van der Waals surface area contributed by atoms with Gasteiger partial charge in [0, 0.05) is 0 Å². The van der Waals surface area contributed by atoms with E-state index in [2.05, 4.69) is 6.92 Å². The van der Waals surface area contributed by atoms with Crippen LogP contribution in [-0.4, -0.2) is 6.10 Å². The summed E-state index contributed by atoms with van der Waals surface area (Å²) in [5, 5.41) is 0. The zero-order valence-corrected chi connectivity index (χ0v) is 9.01. The zero-order chi connectivity index (χ0) is 10.6. The Morgan fingerprint density at radius 1 is 1.36 bits per heavy atom. The fourth-order valence-corrected chi connectivity index (χ4v) is 1.34. The van der Waals surface area contributed by atoms with Crippen molar-refractivity contribution in [1.29, 1.82) is 0 Å². The molecule has 0 saturated heterocycles. The smallest absolute Gasteiger partial charge is 0.165 e. The van der Waals surface area contributed by atoms with E-state index in [-0.39, 0.29) is 11.9 Å². The number of hydrogen-bond acceptors (Lipinski definition) is 1. The molecule has 0 saturated carbocycles. The van der Waals surface area contributed by atoms with Crippen LogP contribution in [0, 0.1) is 5.82 Å². The minimum atomic E-state index is -0.279. The average molecular weight is 196 g/mol. The van der Waals surface area contributed by atoms with E-state index in [1.165, 1.54) is 6.07 Å². The van der Waals surface area contributed by atoms with Gasteiger partial charge in [-0.25, -0.2) is 4.39 Å². The Bertz CT molecular complexity index is 294. The van der Waals surface area contributed by atoms with Crippen LogP contribution in [0.5, 0.6) is 5.75 Å². The number of halogens is 1. The van der Waals surface area contributed by atoms with Gasteiger partial charge in [-0.15, -0.1) is 0 Å². The molecule has 1 aromatic rings. The zero-order valence-electron chi connectivity index (χ0n) is 9.01. The van der Waals surface area contributed by atoms with Crippen LogP contribution in [0.3, 0.4) is 0 Å². The molecule has 1 aromatic carbocycles. The molecule has 0 aliphatic heterocycles. The second kappa shape index (κ2) is 4.99. The van der Waals surface area contributed by atoms with E-state index in [4.69, 9.17) is 4.74 Å². The largest absolute Gasteiger partial charge is 0.488 e. The van der Waals surface area contributed by atoms with E-state index in [0.717, 1.165) is 18.4 Å². The lowest BCUT2D eigenvalue weighted by Crippen LogP contribution is -2.07. The summed E-state index contributed by atoms with van der Waals surface area (Å²) in [5.41, 5.74) is 1.13. The van der Waals surface area contributed by atoms with E-state index in [1.807, 2.05) is 19.9 Å². The van der Waals surface area contributed by atoms with E-state index < -0.39 is 0 Å². The Labute approximate surface area is 84.9 Å². The van der Waals surface area contributed by atoms with Crippen molar-refractivity contribution in [1.82, 2.24) is 0 Å². The van der Waals surface area contributed by atoms with Crippen LogP contribution in [0.2, 0.25) is 0 Å². The van der Waals surface area contributed by atoms with Gasteiger partial charge in [0.2, 0.25) is 0 Å². The maximum Gasteiger partial charge on any atom is 0.165 e. The van der Waals surface area contributed by atoms with E-state index >= 15 is 0 Å². The summed E-state index contributed by atoms with van der Waals surface area (Å²) in [4.78, 5) is 0. The maximum absolute atomic E-state index is 13.2. The first-order chi connectivity index (χ1) is 6.63. The monoisotopic (exact) mass is 196 g/mol. The fraction of sp³-hybridized carbons (Fsp3) is 0.500. The Balaban J connectivity index is 2.84. The third kappa shape index (κ3) is 3.02. The average Bonchev–Trinajstić information content (AvgIpc) is 2.10. The summed E-state index contributed by atoms with van der Waals surface area (Å²) in [7, 11) is 0. The molecule has 0 spiro atoms. The van der Waals surface area contributed by atoms with Gasteiger partial charge in [0.1, 0.15) is 0 Å². The fourth-order valence-electron chi connectivity index (χ4n) is 1.34. The summed E-state index contributed by atoms with van der Waals surface area (Å²) in [6.45, 7) is 5.89. The summed E-state index contributed by atoms with van der Waals surface area (Å²) < 4.78 is 18.6. The van der Waals surface area contributed by atoms with Gasteiger partial charge < -0.3 is 4.74 Å². The van der Waals surface area contributed by atoms with Gasteiger partial charge in [-0.1, -0.05) is 19.4 Å². The number of hydrogen-bond donors (Lipinski definition) is 0. The Morgan fingerprint density at radius 3 is 2.64 bits per heavy atom. The highest BCUT2D eigenvalue weighted by Gasteiger charge is 2.05. The number of rotatable bonds is 4. The second-order valence-corrected chi connectivity index (χ2v) is 3.68. The molecule has 0 unspecified atom stereocenters. The van der Waals surface area contributed by atoms with Gasteiger partial charge in [0.15, 0.2) is 11.6 Å². The van der Waals surface area contributed by atoms with Crippen molar-refractivity contribution in [3.63, 3.8) is 0 Å². The van der Waals surface area contributed by atoms with E-state index in [0.29, 0.717) is 5.75 Å². The van der Waals surface area contributed by atoms with Gasteiger partial charge in [0.25, 0.3) is 0 Å². The molecule has 1 rings (SSSR count). The summed E-state index contributed by atoms with van der Waals surface area (Å²) >= 11 is 0. The molecule has 0 aliphatic carbocycles. The molecule has 0 heterocycles. The summed E-state index contributed by atoms with van der Waals surface area (Å²) in [6, 6.07) is 5.08. The molecular formula is C12H17FO. The van der Waals surface area contributed by atoms with Crippen LogP contribution in [0.1, 0.15) is 32.8 Å². The molecule has 1 nitrogen and oxygen atoms in total. The Kier molecular flexibility index (Phi) is 3.93. The molecule has 0 aliphatic rings. The van der Waals surface area contributed by atoms with Gasteiger partial charge in [-0.05, 0) is 38.0 Å². The molecule has 78 valence electrons. The highest BCUT2D eigenvalue weighted by Crippen LogP contribution is 2.20. The molecule has 2 heteroatoms. The first-order valence-electron chi connectivity index (χ1n) is 5.08. The van der Waals surface area contributed by atoms with Crippen molar-refractivity contribution in [3.05, 3.63) is 29.6 Å². The van der Waals surface area contributed by atoms with Gasteiger partial charge in [-0.3, -0.25) is 0 Å². The Morgan fingerprint density at radius 2 is 2.07 bits per heavy atom. The molecule has 0 bridgehead atoms. The first kappa shape index (κ1) is 11.0. The van der Waals surface area contributed by atoms with Gasteiger partial charge in [-0.2, -0.15) is 0 Å². The van der Waals surface area contributed by atoms with E-state index in [1.54, 1.807) is 6.07 Å². The van der Waals surface area contributed by atoms with Gasteiger partial charge >= 0.3 is 0 Å². The van der Waals surface area contributed by atoms with Crippen LogP contribution in [0.25, 0.3) is 0 Å². The molecule has 0 aromatic heterocycles. The topological polar surface area (TPSA) is 9.23 Å². The van der Waals surface area contributed by atoms with E-state index in [9.17, 15) is 4.39 Å². The van der Waals surface area contributed by atoms with Crippen LogP contribution in [0.15, 0.2) is 18.2 Å². The predicted molar refractivity (Wildman–Crippen MR) is 56.2 cm³/mol. The normalized spacial score (nSPS) is 10.6. The summed E-state index contributed by atoms with van der Waals surface area (Å²) in [5.74, 6) is 0.0875. The SMILES string of the molecule is CCCc1ccc(F)c(OC(C)C)c1. The Hall–Kier alpha value is -1.05. The molecule has 0 N–H and O–H groups in total. The highest BCUT2D eigenvalue weighted by atomic mass is 19.1. The predicted octanol–water partition coefficient (Wildman–Crippen LogP) is 3.57. The number of aryl methyl sites for hydroxylation is 1. The lowest BCUT2D eigenvalue weighted by Gasteiger charge is -2.11. The third-order valence-corrected chi connectivity index (χ3v) is 1.90. The van der Waals surface area contributed by atoms with Crippen molar-refractivity contribution in [2.75, 3.05) is 0 Å².